The Bertz CT molecular complexity index is 377. The summed E-state index contributed by atoms with van der Waals surface area (Å²) in [5.74, 6) is -4.01. The van der Waals surface area contributed by atoms with E-state index in [4.69, 9.17) is 0 Å². The molecule has 0 aliphatic carbocycles. The number of nitrogens with one attached hydrogen (secondary N) is 1. The van der Waals surface area contributed by atoms with E-state index in [0.717, 1.165) is 0 Å². The molecule has 1 amide bonds. The minimum atomic E-state index is -5.06. The van der Waals surface area contributed by atoms with Gasteiger partial charge in [-0.25, -0.2) is 4.79 Å². The van der Waals surface area contributed by atoms with Gasteiger partial charge in [-0.15, -0.1) is 0 Å². The fraction of sp³-hybridized carbons (Fsp3) is 0.800. The molecule has 2 N–H and O–H groups in total. The van der Waals surface area contributed by atoms with Gasteiger partial charge in [-0.1, -0.05) is 0 Å². The van der Waals surface area contributed by atoms with Crippen molar-refractivity contribution in [2.24, 2.45) is 5.92 Å². The van der Waals surface area contributed by atoms with Gasteiger partial charge in [0.2, 0.25) is 0 Å². The number of carboxylic acids is 1. The summed E-state index contributed by atoms with van der Waals surface area (Å²) in [5, 5.41) is 10.9. The number of carbonyl (C=O) groups excluding carboxylic acids is 1. The Labute approximate surface area is 101 Å². The highest BCUT2D eigenvalue weighted by Gasteiger charge is 2.56. The van der Waals surface area contributed by atoms with Gasteiger partial charge in [-0.05, 0) is 31.8 Å². The van der Waals surface area contributed by atoms with Gasteiger partial charge < -0.3 is 15.3 Å². The summed E-state index contributed by atoms with van der Waals surface area (Å²) < 4.78 is 36.8. The summed E-state index contributed by atoms with van der Waals surface area (Å²) in [6.45, 7) is 1.28. The number of rotatable bonds is 2. The number of carbonyl (C=O) groups is 2. The van der Waals surface area contributed by atoms with Gasteiger partial charge in [0.25, 0.3) is 0 Å². The molecule has 1 unspecified atom stereocenters. The van der Waals surface area contributed by atoms with Crippen LogP contribution in [0.2, 0.25) is 0 Å². The van der Waals surface area contributed by atoms with Gasteiger partial charge in [0.05, 0.1) is 0 Å². The Kier molecular flexibility index (Phi) is 3.00. The standard InChI is InChI=1S/C10H13F3N2O3/c11-10(12,13)7(16)14-9(8(17)18)5-15-3-1-6(9)2-4-15/h6H,1-5H2,(H,14,16)(H,17,18). The number of amides is 1. The predicted octanol–water partition coefficient (Wildman–Crippen LogP) is 0.214. The summed E-state index contributed by atoms with van der Waals surface area (Å²) in [5.41, 5.74) is -1.80. The summed E-state index contributed by atoms with van der Waals surface area (Å²) in [4.78, 5) is 24.1. The highest BCUT2D eigenvalue weighted by atomic mass is 19.4. The molecule has 5 nitrogen and oxygen atoms in total. The second-order valence-corrected chi connectivity index (χ2v) is 4.78. The third-order valence-electron chi connectivity index (χ3n) is 3.73. The summed E-state index contributed by atoms with van der Waals surface area (Å²) in [6, 6.07) is 0. The molecule has 0 saturated carbocycles. The molecule has 3 saturated heterocycles. The lowest BCUT2D eigenvalue weighted by Crippen LogP contribution is -2.71. The zero-order valence-corrected chi connectivity index (χ0v) is 9.46. The number of hydrogen-bond donors (Lipinski definition) is 2. The maximum absolute atomic E-state index is 12.3. The zero-order valence-electron chi connectivity index (χ0n) is 9.46. The smallest absolute Gasteiger partial charge is 0.471 e. The highest BCUT2D eigenvalue weighted by Crippen LogP contribution is 2.36. The molecule has 3 aliphatic rings. The molecule has 3 aliphatic heterocycles. The van der Waals surface area contributed by atoms with Gasteiger partial charge in [-0.2, -0.15) is 13.2 Å². The van der Waals surface area contributed by atoms with Crippen LogP contribution in [0.15, 0.2) is 0 Å². The van der Waals surface area contributed by atoms with Gasteiger partial charge in [0.15, 0.2) is 5.54 Å². The minimum absolute atomic E-state index is 0.0607. The van der Waals surface area contributed by atoms with Crippen LogP contribution in [0.3, 0.4) is 0 Å². The second-order valence-electron chi connectivity index (χ2n) is 4.78. The minimum Gasteiger partial charge on any atom is -0.479 e. The molecule has 2 bridgehead atoms. The van der Waals surface area contributed by atoms with E-state index in [9.17, 15) is 27.9 Å². The van der Waals surface area contributed by atoms with E-state index < -0.39 is 29.5 Å². The van der Waals surface area contributed by atoms with Crippen molar-refractivity contribution in [1.82, 2.24) is 10.2 Å². The molecule has 0 spiro atoms. The van der Waals surface area contributed by atoms with Crippen LogP contribution in [-0.4, -0.2) is 53.2 Å². The topological polar surface area (TPSA) is 69.6 Å². The van der Waals surface area contributed by atoms with Crippen LogP contribution in [0.5, 0.6) is 0 Å². The maximum Gasteiger partial charge on any atom is 0.471 e. The van der Waals surface area contributed by atoms with Crippen LogP contribution >= 0.6 is 0 Å². The molecule has 18 heavy (non-hydrogen) atoms. The molecular formula is C10H13F3N2O3. The van der Waals surface area contributed by atoms with Crippen molar-refractivity contribution in [2.75, 3.05) is 19.6 Å². The van der Waals surface area contributed by atoms with Crippen LogP contribution in [0.1, 0.15) is 12.8 Å². The molecule has 3 heterocycles. The van der Waals surface area contributed by atoms with Crippen molar-refractivity contribution in [3.8, 4) is 0 Å². The number of halogens is 3. The number of nitrogens with zero attached hydrogens (tertiary/aromatic N) is 1. The van der Waals surface area contributed by atoms with Gasteiger partial charge in [0.1, 0.15) is 0 Å². The fourth-order valence-electron chi connectivity index (χ4n) is 2.78. The number of carboxylic acid groups (broad SMARTS) is 1. The van der Waals surface area contributed by atoms with Crippen molar-refractivity contribution in [1.29, 1.82) is 0 Å². The molecule has 8 heteroatoms. The maximum atomic E-state index is 12.3. The van der Waals surface area contributed by atoms with Crippen LogP contribution in [-0.2, 0) is 9.59 Å². The normalized spacial score (nSPS) is 35.3. The van der Waals surface area contributed by atoms with E-state index in [1.165, 1.54) is 0 Å². The van der Waals surface area contributed by atoms with E-state index >= 15 is 0 Å². The van der Waals surface area contributed by atoms with Crippen molar-refractivity contribution < 1.29 is 27.9 Å². The van der Waals surface area contributed by atoms with Crippen LogP contribution < -0.4 is 5.32 Å². The average Bonchev–Trinajstić information content (AvgIpc) is 2.29. The molecule has 3 fully saturated rings. The van der Waals surface area contributed by atoms with Crippen molar-refractivity contribution >= 4 is 11.9 Å². The lowest BCUT2D eigenvalue weighted by atomic mass is 9.72. The first-order valence-electron chi connectivity index (χ1n) is 5.61. The quantitative estimate of drug-likeness (QED) is 0.750. The van der Waals surface area contributed by atoms with E-state index in [1.54, 1.807) is 10.2 Å². The predicted molar refractivity (Wildman–Crippen MR) is 53.7 cm³/mol. The fourth-order valence-corrected chi connectivity index (χ4v) is 2.78. The Hall–Kier alpha value is -1.31. The lowest BCUT2D eigenvalue weighted by molar-refractivity contribution is -0.182. The summed E-state index contributed by atoms with van der Waals surface area (Å²) in [7, 11) is 0. The first-order chi connectivity index (χ1) is 8.25. The molecular weight excluding hydrogens is 253 g/mol. The first-order valence-corrected chi connectivity index (χ1v) is 5.61. The van der Waals surface area contributed by atoms with Crippen LogP contribution in [0.4, 0.5) is 13.2 Å². The van der Waals surface area contributed by atoms with E-state index in [1.807, 2.05) is 0 Å². The average molecular weight is 266 g/mol. The molecule has 1 atom stereocenters. The Morgan fingerprint density at radius 2 is 1.83 bits per heavy atom. The van der Waals surface area contributed by atoms with Crippen molar-refractivity contribution in [3.05, 3.63) is 0 Å². The number of fused-ring (bicyclic) bond motifs is 3. The Morgan fingerprint density at radius 3 is 2.17 bits per heavy atom. The second kappa shape index (κ2) is 4.11. The van der Waals surface area contributed by atoms with E-state index in [-0.39, 0.29) is 6.54 Å². The number of aliphatic carboxylic acids is 1. The van der Waals surface area contributed by atoms with E-state index in [0.29, 0.717) is 25.9 Å². The highest BCUT2D eigenvalue weighted by molar-refractivity contribution is 5.90. The largest absolute Gasteiger partial charge is 0.479 e. The molecule has 102 valence electrons. The van der Waals surface area contributed by atoms with E-state index in [2.05, 4.69) is 0 Å². The monoisotopic (exact) mass is 266 g/mol. The molecule has 0 aromatic heterocycles. The lowest BCUT2D eigenvalue weighted by Gasteiger charge is -2.50. The molecule has 0 aromatic rings. The Balaban J connectivity index is 2.24. The van der Waals surface area contributed by atoms with Crippen LogP contribution in [0, 0.1) is 5.92 Å². The SMILES string of the molecule is O=C(NC1(C(=O)O)CN2CCC1CC2)C(F)(F)F. The number of piperidine rings is 3. The molecule has 0 aromatic carbocycles. The van der Waals surface area contributed by atoms with Crippen molar-refractivity contribution in [3.63, 3.8) is 0 Å². The Morgan fingerprint density at radius 1 is 1.28 bits per heavy atom. The third-order valence-corrected chi connectivity index (χ3v) is 3.73. The first kappa shape index (κ1) is 13.1. The van der Waals surface area contributed by atoms with Gasteiger partial charge in [0, 0.05) is 6.54 Å². The van der Waals surface area contributed by atoms with Crippen molar-refractivity contribution in [2.45, 2.75) is 24.6 Å². The third kappa shape index (κ3) is 2.05. The molecule has 3 rings (SSSR count). The van der Waals surface area contributed by atoms with Crippen LogP contribution in [0.25, 0.3) is 0 Å². The molecule has 0 radical (unpaired) electrons. The number of alkyl halides is 3. The van der Waals surface area contributed by atoms with Gasteiger partial charge in [-0.3, -0.25) is 4.79 Å². The van der Waals surface area contributed by atoms with Gasteiger partial charge >= 0.3 is 18.1 Å². The summed E-state index contributed by atoms with van der Waals surface area (Å²) in [6.07, 6.45) is -4.08. The zero-order chi connectivity index (χ0) is 13.6. The summed E-state index contributed by atoms with van der Waals surface area (Å²) >= 11 is 0. The number of hydrogen-bond acceptors (Lipinski definition) is 3.